The molecule has 1 atom stereocenters. The standard InChI is InChI=1S/C25H34ClN3O6S/c1-7-21(25(31)27-17(2)3)28(15-18-10-8-9-11-20(18)26)24(30)16-29(36(6,32)33)22-13-12-19(34-4)14-23(22)35-5/h8-14,17,21H,7,15-16H2,1-6H3,(H,27,31). The van der Waals surface area contributed by atoms with Crippen molar-refractivity contribution in [1.82, 2.24) is 10.2 Å². The largest absolute Gasteiger partial charge is 0.497 e. The molecule has 2 aromatic rings. The maximum Gasteiger partial charge on any atom is 0.244 e. The van der Waals surface area contributed by atoms with Gasteiger partial charge in [0.1, 0.15) is 24.1 Å². The number of anilines is 1. The summed E-state index contributed by atoms with van der Waals surface area (Å²) in [5, 5.41) is 3.28. The smallest absolute Gasteiger partial charge is 0.244 e. The lowest BCUT2D eigenvalue weighted by Crippen LogP contribution is -2.53. The first-order chi connectivity index (χ1) is 16.9. The van der Waals surface area contributed by atoms with E-state index in [9.17, 15) is 18.0 Å². The first-order valence-corrected chi connectivity index (χ1v) is 13.7. The van der Waals surface area contributed by atoms with Crippen molar-refractivity contribution in [3.05, 3.63) is 53.1 Å². The summed E-state index contributed by atoms with van der Waals surface area (Å²) in [4.78, 5) is 28.1. The maximum absolute atomic E-state index is 13.7. The van der Waals surface area contributed by atoms with Crippen LogP contribution in [0.3, 0.4) is 0 Å². The van der Waals surface area contributed by atoms with Crippen molar-refractivity contribution in [2.24, 2.45) is 0 Å². The number of carbonyl (C=O) groups excluding carboxylic acids is 2. The van der Waals surface area contributed by atoms with Crippen molar-refractivity contribution in [3.8, 4) is 11.5 Å². The fourth-order valence-electron chi connectivity index (χ4n) is 3.70. The molecule has 36 heavy (non-hydrogen) atoms. The number of nitrogens with zero attached hydrogens (tertiary/aromatic N) is 2. The van der Waals surface area contributed by atoms with E-state index in [4.69, 9.17) is 21.1 Å². The number of sulfonamides is 1. The minimum atomic E-state index is -3.91. The van der Waals surface area contributed by atoms with Gasteiger partial charge in [0.05, 0.1) is 26.2 Å². The van der Waals surface area contributed by atoms with Crippen LogP contribution in [0.25, 0.3) is 0 Å². The molecule has 0 bridgehead atoms. The first kappa shape index (κ1) is 29.3. The minimum Gasteiger partial charge on any atom is -0.497 e. The fourth-order valence-corrected chi connectivity index (χ4v) is 4.74. The van der Waals surface area contributed by atoms with E-state index in [1.807, 2.05) is 13.8 Å². The molecule has 1 unspecified atom stereocenters. The van der Waals surface area contributed by atoms with Gasteiger partial charge in [-0.1, -0.05) is 36.7 Å². The van der Waals surface area contributed by atoms with Gasteiger partial charge in [0.25, 0.3) is 0 Å². The predicted molar refractivity (Wildman–Crippen MR) is 141 cm³/mol. The van der Waals surface area contributed by atoms with Crippen molar-refractivity contribution in [2.45, 2.75) is 45.8 Å². The molecule has 0 aliphatic heterocycles. The molecule has 2 aromatic carbocycles. The van der Waals surface area contributed by atoms with E-state index < -0.39 is 28.5 Å². The van der Waals surface area contributed by atoms with Crippen LogP contribution in [0, 0.1) is 0 Å². The molecule has 0 fully saturated rings. The summed E-state index contributed by atoms with van der Waals surface area (Å²) in [5.41, 5.74) is 0.808. The number of amides is 2. The quantitative estimate of drug-likeness (QED) is 0.443. The van der Waals surface area contributed by atoms with E-state index in [0.717, 1.165) is 10.6 Å². The zero-order valence-corrected chi connectivity index (χ0v) is 23.0. The summed E-state index contributed by atoms with van der Waals surface area (Å²) in [6.07, 6.45) is 1.32. The second-order valence-corrected chi connectivity index (χ2v) is 10.8. The summed E-state index contributed by atoms with van der Waals surface area (Å²) < 4.78 is 37.2. The topological polar surface area (TPSA) is 105 Å². The molecule has 11 heteroatoms. The lowest BCUT2D eigenvalue weighted by molar-refractivity contribution is -0.140. The van der Waals surface area contributed by atoms with Crippen LogP contribution in [0.15, 0.2) is 42.5 Å². The summed E-state index contributed by atoms with van der Waals surface area (Å²) in [7, 11) is -1.04. The molecule has 0 spiro atoms. The van der Waals surface area contributed by atoms with Crippen LogP contribution < -0.4 is 19.1 Å². The molecular weight excluding hydrogens is 506 g/mol. The van der Waals surface area contributed by atoms with Crippen molar-refractivity contribution >= 4 is 39.1 Å². The number of carbonyl (C=O) groups is 2. The second-order valence-electron chi connectivity index (χ2n) is 8.51. The molecule has 2 amide bonds. The Morgan fingerprint density at radius 1 is 1.08 bits per heavy atom. The molecule has 0 saturated carbocycles. The van der Waals surface area contributed by atoms with E-state index in [1.165, 1.54) is 31.3 Å². The van der Waals surface area contributed by atoms with Crippen LogP contribution in [0.4, 0.5) is 5.69 Å². The molecule has 0 radical (unpaired) electrons. The number of nitrogens with one attached hydrogen (secondary N) is 1. The van der Waals surface area contributed by atoms with E-state index in [0.29, 0.717) is 22.8 Å². The molecule has 0 aliphatic rings. The highest BCUT2D eigenvalue weighted by atomic mass is 35.5. The molecular formula is C25H34ClN3O6S. The van der Waals surface area contributed by atoms with Gasteiger partial charge in [-0.3, -0.25) is 13.9 Å². The van der Waals surface area contributed by atoms with Gasteiger partial charge < -0.3 is 19.7 Å². The number of benzene rings is 2. The van der Waals surface area contributed by atoms with Crippen molar-refractivity contribution in [1.29, 1.82) is 0 Å². The van der Waals surface area contributed by atoms with Crippen molar-refractivity contribution in [2.75, 3.05) is 31.3 Å². The third-order valence-electron chi connectivity index (χ3n) is 5.45. The molecule has 0 heterocycles. The molecule has 198 valence electrons. The Labute approximate surface area is 218 Å². The Morgan fingerprint density at radius 3 is 2.28 bits per heavy atom. The summed E-state index contributed by atoms with van der Waals surface area (Å²) >= 11 is 6.35. The van der Waals surface area contributed by atoms with Gasteiger partial charge in [-0.15, -0.1) is 0 Å². The highest BCUT2D eigenvalue weighted by Crippen LogP contribution is 2.34. The fraction of sp³-hybridized carbons (Fsp3) is 0.440. The normalized spacial score (nSPS) is 12.1. The molecule has 9 nitrogen and oxygen atoms in total. The number of methoxy groups -OCH3 is 2. The van der Waals surface area contributed by atoms with E-state index in [2.05, 4.69) is 5.32 Å². The summed E-state index contributed by atoms with van der Waals surface area (Å²) in [5.74, 6) is -0.216. The van der Waals surface area contributed by atoms with Gasteiger partial charge in [0, 0.05) is 23.7 Å². The van der Waals surface area contributed by atoms with Crippen LogP contribution in [-0.4, -0.2) is 64.2 Å². The van der Waals surface area contributed by atoms with Gasteiger partial charge in [0.15, 0.2) is 0 Å². The maximum atomic E-state index is 13.7. The van der Waals surface area contributed by atoms with Crippen molar-refractivity contribution in [3.63, 3.8) is 0 Å². The number of hydrogen-bond acceptors (Lipinski definition) is 6. The average molecular weight is 540 g/mol. The van der Waals surface area contributed by atoms with Gasteiger partial charge in [-0.2, -0.15) is 0 Å². The zero-order chi connectivity index (χ0) is 27.0. The SMILES string of the molecule is CCC(C(=O)NC(C)C)N(Cc1ccccc1Cl)C(=O)CN(c1ccc(OC)cc1OC)S(C)(=O)=O. The predicted octanol–water partition coefficient (Wildman–Crippen LogP) is 3.46. The van der Waals surface area contributed by atoms with Crippen LogP contribution in [0.5, 0.6) is 11.5 Å². The van der Waals surface area contributed by atoms with Crippen LogP contribution in [0.1, 0.15) is 32.8 Å². The van der Waals surface area contributed by atoms with Gasteiger partial charge in [-0.05, 0) is 44.0 Å². The van der Waals surface area contributed by atoms with E-state index in [1.54, 1.807) is 37.3 Å². The number of rotatable bonds is 12. The summed E-state index contributed by atoms with van der Waals surface area (Å²) in [6.45, 7) is 4.92. The number of hydrogen-bond donors (Lipinski definition) is 1. The van der Waals surface area contributed by atoms with Crippen LogP contribution in [-0.2, 0) is 26.2 Å². The molecule has 2 rings (SSSR count). The lowest BCUT2D eigenvalue weighted by atomic mass is 10.1. The zero-order valence-electron chi connectivity index (χ0n) is 21.4. The van der Waals surface area contributed by atoms with Crippen LogP contribution >= 0.6 is 11.6 Å². The average Bonchev–Trinajstić information content (AvgIpc) is 2.81. The Morgan fingerprint density at radius 2 is 1.75 bits per heavy atom. The Bertz CT molecular complexity index is 1170. The molecule has 1 N–H and O–H groups in total. The van der Waals surface area contributed by atoms with E-state index in [-0.39, 0.29) is 29.9 Å². The monoisotopic (exact) mass is 539 g/mol. The highest BCUT2D eigenvalue weighted by molar-refractivity contribution is 7.92. The first-order valence-electron chi connectivity index (χ1n) is 11.5. The Hall–Kier alpha value is -2.98. The number of halogens is 1. The van der Waals surface area contributed by atoms with E-state index >= 15 is 0 Å². The highest BCUT2D eigenvalue weighted by Gasteiger charge is 2.33. The third-order valence-corrected chi connectivity index (χ3v) is 6.95. The third kappa shape index (κ3) is 7.51. The number of ether oxygens (including phenoxy) is 2. The molecule has 0 aliphatic carbocycles. The Balaban J connectivity index is 2.53. The Kier molecular flexibility index (Phi) is 10.4. The van der Waals surface area contributed by atoms with Gasteiger partial charge >= 0.3 is 0 Å². The lowest BCUT2D eigenvalue weighted by Gasteiger charge is -2.33. The van der Waals surface area contributed by atoms with Crippen LogP contribution in [0.2, 0.25) is 5.02 Å². The second kappa shape index (κ2) is 12.8. The van der Waals surface area contributed by atoms with Gasteiger partial charge in [-0.25, -0.2) is 8.42 Å². The molecule has 0 saturated heterocycles. The van der Waals surface area contributed by atoms with Gasteiger partial charge in [0.2, 0.25) is 21.8 Å². The minimum absolute atomic E-state index is 0.0277. The van der Waals surface area contributed by atoms with Crippen molar-refractivity contribution < 1.29 is 27.5 Å². The molecule has 0 aromatic heterocycles. The summed E-state index contributed by atoms with van der Waals surface area (Å²) in [6, 6.07) is 10.6.